The van der Waals surface area contributed by atoms with E-state index in [4.69, 9.17) is 4.74 Å². The zero-order chi connectivity index (χ0) is 19.7. The summed E-state index contributed by atoms with van der Waals surface area (Å²) < 4.78 is 35.3. The topological polar surface area (TPSA) is 67.7 Å². The first-order valence-electron chi connectivity index (χ1n) is 8.96. The number of anilines is 1. The Morgan fingerprint density at radius 2 is 1.86 bits per heavy atom. The second kappa shape index (κ2) is 7.57. The number of hydrogen-bond acceptors (Lipinski definition) is 6. The smallest absolute Gasteiger partial charge is 0.252 e. The van der Waals surface area contributed by atoms with E-state index in [0.717, 1.165) is 22.7 Å². The van der Waals surface area contributed by atoms with Crippen molar-refractivity contribution in [3.05, 3.63) is 48.0 Å². The number of benzene rings is 1. The molecular formula is C19H22N4O3S2. The molecule has 0 bridgehead atoms. The fraction of sp³-hybridized carbons (Fsp3) is 0.316. The van der Waals surface area contributed by atoms with Gasteiger partial charge in [-0.05, 0) is 24.3 Å². The fourth-order valence-corrected chi connectivity index (χ4v) is 6.18. The zero-order valence-electron chi connectivity index (χ0n) is 15.8. The molecule has 1 aromatic carbocycles. The average Bonchev–Trinajstić information content (AvgIpc) is 3.37. The molecule has 0 spiro atoms. The van der Waals surface area contributed by atoms with Crippen LogP contribution in [0, 0.1) is 0 Å². The van der Waals surface area contributed by atoms with Gasteiger partial charge in [-0.2, -0.15) is 9.40 Å². The molecule has 1 fully saturated rings. The van der Waals surface area contributed by atoms with E-state index in [1.54, 1.807) is 28.4 Å². The summed E-state index contributed by atoms with van der Waals surface area (Å²) in [5, 5.41) is 6.02. The first kappa shape index (κ1) is 19.0. The van der Waals surface area contributed by atoms with Crippen LogP contribution in [0.4, 0.5) is 5.69 Å². The van der Waals surface area contributed by atoms with Crippen molar-refractivity contribution in [1.82, 2.24) is 14.1 Å². The summed E-state index contributed by atoms with van der Waals surface area (Å²) in [5.41, 5.74) is 2.77. The third-order valence-corrected chi connectivity index (χ3v) is 8.26. The number of aryl methyl sites for hydroxylation is 1. The molecule has 1 aliphatic rings. The summed E-state index contributed by atoms with van der Waals surface area (Å²) in [4.78, 5) is 2.17. The quantitative estimate of drug-likeness (QED) is 0.637. The van der Waals surface area contributed by atoms with Crippen LogP contribution in [0.3, 0.4) is 0 Å². The number of rotatable bonds is 5. The van der Waals surface area contributed by atoms with Gasteiger partial charge in [-0.25, -0.2) is 8.42 Å². The molecule has 3 aromatic rings. The lowest BCUT2D eigenvalue weighted by molar-refractivity contribution is 0.379. The van der Waals surface area contributed by atoms with Crippen LogP contribution in [0.15, 0.2) is 52.2 Å². The van der Waals surface area contributed by atoms with Gasteiger partial charge in [0, 0.05) is 50.4 Å². The van der Waals surface area contributed by atoms with Crippen molar-refractivity contribution < 1.29 is 13.2 Å². The number of nitrogens with zero attached hydrogens (tertiary/aromatic N) is 4. The van der Waals surface area contributed by atoms with E-state index < -0.39 is 10.0 Å². The third-order valence-electron chi connectivity index (χ3n) is 4.95. The molecule has 0 amide bonds. The largest absolute Gasteiger partial charge is 0.495 e. The van der Waals surface area contributed by atoms with E-state index in [2.05, 4.69) is 10.00 Å². The van der Waals surface area contributed by atoms with Gasteiger partial charge in [0.1, 0.15) is 9.96 Å². The van der Waals surface area contributed by atoms with Crippen molar-refractivity contribution in [2.24, 2.45) is 7.05 Å². The lowest BCUT2D eigenvalue weighted by atomic mass is 10.2. The van der Waals surface area contributed by atoms with Gasteiger partial charge in [-0.15, -0.1) is 11.3 Å². The molecule has 0 aliphatic carbocycles. The van der Waals surface area contributed by atoms with Crippen molar-refractivity contribution in [2.45, 2.75) is 4.21 Å². The highest BCUT2D eigenvalue weighted by Crippen LogP contribution is 2.32. The van der Waals surface area contributed by atoms with Crippen LogP contribution in [-0.4, -0.2) is 55.8 Å². The maximum atomic E-state index is 13.1. The average molecular weight is 419 g/mol. The van der Waals surface area contributed by atoms with E-state index in [0.29, 0.717) is 30.4 Å². The summed E-state index contributed by atoms with van der Waals surface area (Å²) in [6.07, 6.45) is 1.71. The minimum absolute atomic E-state index is 0.370. The summed E-state index contributed by atoms with van der Waals surface area (Å²) in [6, 6.07) is 11.4. The van der Waals surface area contributed by atoms with Crippen LogP contribution in [0.2, 0.25) is 0 Å². The number of thiophene rings is 1. The Morgan fingerprint density at radius 1 is 1.11 bits per heavy atom. The fourth-order valence-electron chi connectivity index (χ4n) is 3.43. The maximum absolute atomic E-state index is 13.1. The van der Waals surface area contributed by atoms with Gasteiger partial charge in [-0.3, -0.25) is 4.68 Å². The molecule has 4 rings (SSSR count). The minimum Gasteiger partial charge on any atom is -0.495 e. The Morgan fingerprint density at radius 3 is 2.54 bits per heavy atom. The minimum atomic E-state index is -3.50. The Kier molecular flexibility index (Phi) is 5.13. The molecule has 148 valence electrons. The van der Waals surface area contributed by atoms with Crippen LogP contribution in [-0.2, 0) is 17.1 Å². The van der Waals surface area contributed by atoms with Crippen molar-refractivity contribution in [2.75, 3.05) is 38.2 Å². The lowest BCUT2D eigenvalue weighted by Crippen LogP contribution is -2.48. The number of aromatic nitrogens is 2. The van der Waals surface area contributed by atoms with E-state index >= 15 is 0 Å². The highest BCUT2D eigenvalue weighted by molar-refractivity contribution is 7.91. The van der Waals surface area contributed by atoms with Crippen LogP contribution in [0.25, 0.3) is 11.3 Å². The Bertz CT molecular complexity index is 1070. The van der Waals surface area contributed by atoms with Crippen LogP contribution in [0.5, 0.6) is 5.75 Å². The van der Waals surface area contributed by atoms with Gasteiger partial charge in [0.2, 0.25) is 0 Å². The molecule has 0 N–H and O–H groups in total. The van der Waals surface area contributed by atoms with Gasteiger partial charge in [0.05, 0.1) is 18.5 Å². The summed E-state index contributed by atoms with van der Waals surface area (Å²) in [7, 11) is -0.00768. The second-order valence-corrected chi connectivity index (χ2v) is 9.63. The maximum Gasteiger partial charge on any atom is 0.252 e. The van der Waals surface area contributed by atoms with Crippen LogP contribution in [0.1, 0.15) is 0 Å². The SMILES string of the molecule is COc1ccccc1N1CCN(S(=O)(=O)c2cc(-c3ccnn3C)cs2)CC1. The normalized spacial score (nSPS) is 15.7. The van der Waals surface area contributed by atoms with E-state index in [-0.39, 0.29) is 0 Å². The first-order chi connectivity index (χ1) is 13.5. The van der Waals surface area contributed by atoms with Crippen molar-refractivity contribution in [3.63, 3.8) is 0 Å². The Labute approximate surface area is 168 Å². The Hall–Kier alpha value is -2.36. The van der Waals surface area contributed by atoms with E-state index in [9.17, 15) is 8.42 Å². The van der Waals surface area contributed by atoms with E-state index in [1.165, 1.54) is 11.3 Å². The number of para-hydroxylation sites is 2. The highest BCUT2D eigenvalue weighted by atomic mass is 32.2. The first-order valence-corrected chi connectivity index (χ1v) is 11.3. The molecule has 9 heteroatoms. The van der Waals surface area contributed by atoms with Crippen LogP contribution >= 0.6 is 11.3 Å². The van der Waals surface area contributed by atoms with Crippen molar-refractivity contribution in [3.8, 4) is 17.0 Å². The van der Waals surface area contributed by atoms with Crippen LogP contribution < -0.4 is 9.64 Å². The molecule has 7 nitrogen and oxygen atoms in total. The summed E-state index contributed by atoms with van der Waals surface area (Å²) in [5.74, 6) is 0.804. The van der Waals surface area contributed by atoms with Gasteiger partial charge in [-0.1, -0.05) is 12.1 Å². The number of piperazine rings is 1. The van der Waals surface area contributed by atoms with Gasteiger partial charge < -0.3 is 9.64 Å². The predicted molar refractivity (Wildman–Crippen MR) is 110 cm³/mol. The van der Waals surface area contributed by atoms with Gasteiger partial charge >= 0.3 is 0 Å². The molecule has 0 saturated carbocycles. The molecule has 1 aliphatic heterocycles. The Balaban J connectivity index is 1.50. The summed E-state index contributed by atoms with van der Waals surface area (Å²) >= 11 is 1.26. The summed E-state index contributed by atoms with van der Waals surface area (Å²) in [6.45, 7) is 2.14. The van der Waals surface area contributed by atoms with Gasteiger partial charge in [0.15, 0.2) is 0 Å². The van der Waals surface area contributed by atoms with Crippen molar-refractivity contribution in [1.29, 1.82) is 0 Å². The van der Waals surface area contributed by atoms with Crippen molar-refractivity contribution >= 4 is 27.0 Å². The molecule has 28 heavy (non-hydrogen) atoms. The molecule has 2 aromatic heterocycles. The molecule has 0 atom stereocenters. The molecule has 1 saturated heterocycles. The monoisotopic (exact) mass is 418 g/mol. The molecule has 0 unspecified atom stereocenters. The predicted octanol–water partition coefficient (Wildman–Crippen LogP) is 2.67. The number of hydrogen-bond donors (Lipinski definition) is 0. The number of methoxy groups -OCH3 is 1. The van der Waals surface area contributed by atoms with E-state index in [1.807, 2.05) is 42.8 Å². The lowest BCUT2D eigenvalue weighted by Gasteiger charge is -2.35. The number of ether oxygens (including phenoxy) is 1. The zero-order valence-corrected chi connectivity index (χ0v) is 17.4. The highest BCUT2D eigenvalue weighted by Gasteiger charge is 2.30. The number of sulfonamides is 1. The molecule has 3 heterocycles. The molecule has 0 radical (unpaired) electrons. The third kappa shape index (κ3) is 3.41. The standard InChI is InChI=1S/C19H22N4O3S2/c1-21-16(7-8-20-21)15-13-19(27-14-15)28(24,25)23-11-9-22(10-12-23)17-5-3-4-6-18(17)26-2/h3-8,13-14H,9-12H2,1-2H3. The molecular weight excluding hydrogens is 396 g/mol. The van der Waals surface area contributed by atoms with Gasteiger partial charge in [0.25, 0.3) is 10.0 Å². The second-order valence-electron chi connectivity index (χ2n) is 6.56.